The van der Waals surface area contributed by atoms with Crippen LogP contribution in [0.25, 0.3) is 17.2 Å². The normalized spacial score (nSPS) is 17.1. The molecule has 0 radical (unpaired) electrons. The second-order valence-corrected chi connectivity index (χ2v) is 10.7. The van der Waals surface area contributed by atoms with Crippen molar-refractivity contribution in [2.45, 2.75) is 57.5 Å². The first-order valence-electron chi connectivity index (χ1n) is 12.0. The molecule has 0 saturated carbocycles. The molecule has 35 heavy (non-hydrogen) atoms. The zero-order valence-corrected chi connectivity index (χ0v) is 21.1. The molecule has 1 atom stereocenters. The highest BCUT2D eigenvalue weighted by Crippen LogP contribution is 2.50. The van der Waals surface area contributed by atoms with E-state index in [2.05, 4.69) is 52.0 Å². The van der Waals surface area contributed by atoms with Gasteiger partial charge < -0.3 is 14.9 Å². The number of hydrogen-bond acceptors (Lipinski definition) is 3. The van der Waals surface area contributed by atoms with Crippen LogP contribution in [0.5, 0.6) is 5.75 Å². The predicted molar refractivity (Wildman–Crippen MR) is 141 cm³/mol. The van der Waals surface area contributed by atoms with E-state index in [1.165, 1.54) is 11.1 Å². The highest BCUT2D eigenvalue weighted by atomic mass is 16.5. The summed E-state index contributed by atoms with van der Waals surface area (Å²) in [4.78, 5) is 11.1. The Kier molecular flexibility index (Phi) is 6.61. The van der Waals surface area contributed by atoms with Crippen molar-refractivity contribution in [1.29, 1.82) is 0 Å². The van der Waals surface area contributed by atoms with Crippen molar-refractivity contribution in [1.82, 2.24) is 0 Å². The summed E-state index contributed by atoms with van der Waals surface area (Å²) in [7, 11) is 1.67. The van der Waals surface area contributed by atoms with Gasteiger partial charge in [0, 0.05) is 0 Å². The largest absolute Gasteiger partial charge is 0.497 e. The molecule has 4 heteroatoms. The number of hydrogen-bond donors (Lipinski definition) is 2. The number of aromatic carboxylic acids is 1. The third-order valence-corrected chi connectivity index (χ3v) is 7.31. The molecule has 4 nitrogen and oxygen atoms in total. The SMILES string of the molecule is COc1ccc(-c2cc(C(O)/C=C/c3ccc(C(=O)O)cc3)cc3c2C(C)(C)CCC3(C)C)cc1. The van der Waals surface area contributed by atoms with E-state index in [0.29, 0.717) is 0 Å². The second kappa shape index (κ2) is 9.35. The Morgan fingerprint density at radius 1 is 0.943 bits per heavy atom. The fourth-order valence-corrected chi connectivity index (χ4v) is 5.03. The van der Waals surface area contributed by atoms with Gasteiger partial charge in [-0.1, -0.05) is 70.2 Å². The van der Waals surface area contributed by atoms with Crippen molar-refractivity contribution in [3.05, 3.63) is 94.6 Å². The summed E-state index contributed by atoms with van der Waals surface area (Å²) >= 11 is 0. The Hall–Kier alpha value is -3.37. The number of ether oxygens (including phenoxy) is 1. The molecule has 3 aromatic carbocycles. The Morgan fingerprint density at radius 2 is 1.57 bits per heavy atom. The fourth-order valence-electron chi connectivity index (χ4n) is 5.03. The summed E-state index contributed by atoms with van der Waals surface area (Å²) < 4.78 is 5.37. The van der Waals surface area contributed by atoms with Crippen molar-refractivity contribution in [3.63, 3.8) is 0 Å². The van der Waals surface area contributed by atoms with Gasteiger partial charge >= 0.3 is 5.97 Å². The van der Waals surface area contributed by atoms with Gasteiger partial charge in [-0.3, -0.25) is 0 Å². The summed E-state index contributed by atoms with van der Waals surface area (Å²) in [5.74, 6) is -0.138. The lowest BCUT2D eigenvalue weighted by Crippen LogP contribution is -2.34. The van der Waals surface area contributed by atoms with Crippen LogP contribution in [-0.4, -0.2) is 23.3 Å². The van der Waals surface area contributed by atoms with Crippen LogP contribution >= 0.6 is 0 Å². The Labute approximate surface area is 207 Å². The molecule has 1 aliphatic rings. The van der Waals surface area contributed by atoms with Gasteiger partial charge in [0.1, 0.15) is 5.75 Å². The Morgan fingerprint density at radius 3 is 2.17 bits per heavy atom. The zero-order valence-electron chi connectivity index (χ0n) is 21.1. The minimum atomic E-state index is -0.953. The number of aliphatic hydroxyl groups excluding tert-OH is 1. The van der Waals surface area contributed by atoms with E-state index in [1.54, 1.807) is 37.5 Å². The average molecular weight is 471 g/mol. The van der Waals surface area contributed by atoms with Crippen LogP contribution in [0.1, 0.15) is 79.3 Å². The lowest BCUT2D eigenvalue weighted by atomic mass is 9.61. The van der Waals surface area contributed by atoms with E-state index in [9.17, 15) is 9.90 Å². The van der Waals surface area contributed by atoms with E-state index >= 15 is 0 Å². The van der Waals surface area contributed by atoms with Gasteiger partial charge in [-0.25, -0.2) is 4.79 Å². The summed E-state index contributed by atoms with van der Waals surface area (Å²) in [5.41, 5.74) is 6.84. The molecule has 4 rings (SSSR count). The number of carboxylic acid groups (broad SMARTS) is 1. The van der Waals surface area contributed by atoms with Crippen LogP contribution in [0, 0.1) is 0 Å². The second-order valence-electron chi connectivity index (χ2n) is 10.7. The van der Waals surface area contributed by atoms with E-state index in [1.807, 2.05) is 18.2 Å². The smallest absolute Gasteiger partial charge is 0.335 e. The topological polar surface area (TPSA) is 66.8 Å². The number of aliphatic hydroxyl groups is 1. The highest BCUT2D eigenvalue weighted by Gasteiger charge is 2.39. The molecule has 1 aliphatic carbocycles. The molecule has 0 aromatic heterocycles. The molecular weight excluding hydrogens is 436 g/mol. The third kappa shape index (κ3) is 5.03. The quantitative estimate of drug-likeness (QED) is 0.401. The van der Waals surface area contributed by atoms with Crippen molar-refractivity contribution in [2.24, 2.45) is 0 Å². The van der Waals surface area contributed by atoms with E-state index in [-0.39, 0.29) is 16.4 Å². The minimum absolute atomic E-state index is 0.00180. The lowest BCUT2D eigenvalue weighted by Gasteiger charge is -2.43. The number of fused-ring (bicyclic) bond motifs is 1. The Balaban J connectivity index is 1.79. The first-order chi connectivity index (χ1) is 16.5. The molecule has 0 amide bonds. The zero-order chi connectivity index (χ0) is 25.4. The monoisotopic (exact) mass is 470 g/mol. The van der Waals surface area contributed by atoms with Gasteiger partial charge in [0.25, 0.3) is 0 Å². The molecule has 0 aliphatic heterocycles. The molecule has 0 spiro atoms. The van der Waals surface area contributed by atoms with E-state index in [4.69, 9.17) is 9.84 Å². The average Bonchev–Trinajstić information content (AvgIpc) is 2.85. The van der Waals surface area contributed by atoms with E-state index < -0.39 is 12.1 Å². The maximum absolute atomic E-state index is 11.2. The number of methoxy groups -OCH3 is 1. The molecule has 0 bridgehead atoms. The van der Waals surface area contributed by atoms with Crippen molar-refractivity contribution < 1.29 is 19.7 Å². The van der Waals surface area contributed by atoms with Gasteiger partial charge in [-0.15, -0.1) is 0 Å². The summed E-state index contributed by atoms with van der Waals surface area (Å²) in [5, 5.41) is 20.3. The van der Waals surface area contributed by atoms with Gasteiger partial charge in [-0.2, -0.15) is 0 Å². The van der Waals surface area contributed by atoms with Crippen LogP contribution in [0.4, 0.5) is 0 Å². The molecule has 182 valence electrons. The van der Waals surface area contributed by atoms with Gasteiger partial charge in [0.15, 0.2) is 0 Å². The van der Waals surface area contributed by atoms with Crippen LogP contribution < -0.4 is 4.74 Å². The van der Waals surface area contributed by atoms with Gasteiger partial charge in [0.2, 0.25) is 0 Å². The molecule has 0 fully saturated rings. The molecule has 2 N–H and O–H groups in total. The summed E-state index contributed by atoms with van der Waals surface area (Å²) in [6.07, 6.45) is 4.98. The summed E-state index contributed by atoms with van der Waals surface area (Å²) in [6, 6.07) is 19.0. The Bertz CT molecular complexity index is 1250. The van der Waals surface area contributed by atoms with E-state index in [0.717, 1.165) is 40.8 Å². The fraction of sp³-hybridized carbons (Fsp3) is 0.323. The number of rotatable bonds is 6. The molecule has 3 aromatic rings. The molecule has 0 saturated heterocycles. The maximum Gasteiger partial charge on any atom is 0.335 e. The lowest BCUT2D eigenvalue weighted by molar-refractivity contribution is 0.0697. The van der Waals surface area contributed by atoms with Gasteiger partial charge in [0.05, 0.1) is 18.8 Å². The number of carbonyl (C=O) groups is 1. The number of benzene rings is 3. The molecule has 0 heterocycles. The van der Waals surface area contributed by atoms with Crippen molar-refractivity contribution in [3.8, 4) is 16.9 Å². The third-order valence-electron chi connectivity index (χ3n) is 7.31. The van der Waals surface area contributed by atoms with Crippen LogP contribution in [0.3, 0.4) is 0 Å². The predicted octanol–water partition coefficient (Wildman–Crippen LogP) is 7.16. The standard InChI is InChI=1S/C31H34O4/c1-30(2)16-17-31(3,4)28-25(21-11-13-24(35-5)14-12-21)18-23(19-26(28)30)27(32)15-8-20-6-9-22(10-7-20)29(33)34/h6-15,18-19,27,32H,16-17H2,1-5H3,(H,33,34)/b15-8+. The molecule has 1 unspecified atom stereocenters. The molecular formula is C31H34O4. The summed E-state index contributed by atoms with van der Waals surface area (Å²) in [6.45, 7) is 9.19. The highest BCUT2D eigenvalue weighted by molar-refractivity contribution is 5.87. The van der Waals surface area contributed by atoms with Crippen molar-refractivity contribution >= 4 is 12.0 Å². The van der Waals surface area contributed by atoms with Gasteiger partial charge in [-0.05, 0) is 87.4 Å². The first-order valence-corrected chi connectivity index (χ1v) is 12.0. The maximum atomic E-state index is 11.2. The first kappa shape index (κ1) is 24.7. The number of carboxylic acids is 1. The van der Waals surface area contributed by atoms with Crippen LogP contribution in [-0.2, 0) is 10.8 Å². The van der Waals surface area contributed by atoms with Crippen LogP contribution in [0.15, 0.2) is 66.7 Å². The van der Waals surface area contributed by atoms with Crippen molar-refractivity contribution in [2.75, 3.05) is 7.11 Å². The van der Waals surface area contributed by atoms with Crippen LogP contribution in [0.2, 0.25) is 0 Å². The minimum Gasteiger partial charge on any atom is -0.497 e.